The number of hydrogen-bond donors (Lipinski definition) is 1. The maximum Gasteiger partial charge on any atom is 0.341 e. The Morgan fingerprint density at radius 2 is 1.81 bits per heavy atom. The highest BCUT2D eigenvalue weighted by molar-refractivity contribution is 7.15. The number of methoxy groups -OCH3 is 1. The molecule has 6 nitrogen and oxygen atoms in total. The van der Waals surface area contributed by atoms with Gasteiger partial charge in [-0.05, 0) is 62.1 Å². The highest BCUT2D eigenvalue weighted by Gasteiger charge is 2.23. The highest BCUT2D eigenvalue weighted by Crippen LogP contribution is 2.38. The van der Waals surface area contributed by atoms with Crippen molar-refractivity contribution in [3.05, 3.63) is 70.1 Å². The fourth-order valence-corrected chi connectivity index (χ4v) is 4.89. The van der Waals surface area contributed by atoms with E-state index in [9.17, 15) is 9.59 Å². The molecule has 0 aliphatic rings. The van der Waals surface area contributed by atoms with Crippen molar-refractivity contribution < 1.29 is 23.8 Å². The molecular formula is C30H35NO5S. The number of rotatable bonds is 12. The zero-order chi connectivity index (χ0) is 26.8. The number of aryl methyl sites for hydroxylation is 2. The van der Waals surface area contributed by atoms with Crippen molar-refractivity contribution in [3.8, 4) is 22.6 Å². The summed E-state index contributed by atoms with van der Waals surface area (Å²) in [6.07, 6.45) is 6.37. The molecule has 196 valence electrons. The van der Waals surface area contributed by atoms with E-state index in [2.05, 4.69) is 18.3 Å². The quantitative estimate of drug-likeness (QED) is 0.152. The van der Waals surface area contributed by atoms with E-state index in [-0.39, 0.29) is 12.5 Å². The average molecular weight is 522 g/mol. The predicted octanol–water partition coefficient (Wildman–Crippen LogP) is 7.44. The third-order valence-electron chi connectivity index (χ3n) is 5.80. The number of hydrogen-bond acceptors (Lipinski definition) is 6. The van der Waals surface area contributed by atoms with Crippen LogP contribution >= 0.6 is 11.3 Å². The Labute approximate surface area is 223 Å². The van der Waals surface area contributed by atoms with Crippen molar-refractivity contribution in [2.45, 2.75) is 47.0 Å². The second-order valence-electron chi connectivity index (χ2n) is 8.68. The van der Waals surface area contributed by atoms with Gasteiger partial charge < -0.3 is 19.5 Å². The maximum absolute atomic E-state index is 12.9. The molecule has 0 fully saturated rings. The van der Waals surface area contributed by atoms with E-state index < -0.39 is 5.97 Å². The van der Waals surface area contributed by atoms with Crippen LogP contribution in [0, 0.1) is 13.8 Å². The van der Waals surface area contributed by atoms with Gasteiger partial charge in [-0.15, -0.1) is 11.3 Å². The van der Waals surface area contributed by atoms with Crippen LogP contribution in [0.3, 0.4) is 0 Å². The van der Waals surface area contributed by atoms with E-state index in [0.717, 1.165) is 47.1 Å². The van der Waals surface area contributed by atoms with Gasteiger partial charge in [0.25, 0.3) is 0 Å². The summed E-state index contributed by atoms with van der Waals surface area (Å²) in [7, 11) is 1.59. The minimum Gasteiger partial charge on any atom is -0.493 e. The van der Waals surface area contributed by atoms with E-state index in [1.54, 1.807) is 20.1 Å². The van der Waals surface area contributed by atoms with Crippen molar-refractivity contribution in [1.82, 2.24) is 0 Å². The summed E-state index contributed by atoms with van der Waals surface area (Å²) >= 11 is 1.30. The van der Waals surface area contributed by atoms with Crippen LogP contribution in [0.4, 0.5) is 5.00 Å². The molecule has 0 aliphatic heterocycles. The Bertz CT molecular complexity index is 1260. The number of benzene rings is 2. The molecule has 2 aromatic carbocycles. The van der Waals surface area contributed by atoms with Crippen molar-refractivity contribution in [2.75, 3.05) is 25.6 Å². The number of esters is 1. The fraction of sp³-hybridized carbons (Fsp3) is 0.333. The molecule has 1 heterocycles. The van der Waals surface area contributed by atoms with Crippen LogP contribution in [-0.4, -0.2) is 32.2 Å². The van der Waals surface area contributed by atoms with Crippen LogP contribution in [0.5, 0.6) is 11.5 Å². The fourth-order valence-electron chi connectivity index (χ4n) is 3.94. The third kappa shape index (κ3) is 7.46. The molecule has 0 atom stereocenters. The van der Waals surface area contributed by atoms with E-state index in [1.807, 2.05) is 49.6 Å². The van der Waals surface area contributed by atoms with Gasteiger partial charge in [0.05, 0.1) is 20.3 Å². The number of unbranched alkanes of at least 4 members (excludes halogenated alkanes) is 2. The molecule has 0 saturated heterocycles. The van der Waals surface area contributed by atoms with Crippen LogP contribution in [0.1, 0.15) is 60.2 Å². The first-order valence-electron chi connectivity index (χ1n) is 12.5. The van der Waals surface area contributed by atoms with Crippen molar-refractivity contribution in [1.29, 1.82) is 0 Å². The first-order chi connectivity index (χ1) is 17.9. The summed E-state index contributed by atoms with van der Waals surface area (Å²) in [6, 6.07) is 11.6. The molecule has 7 heteroatoms. The molecular weight excluding hydrogens is 486 g/mol. The molecule has 0 saturated carbocycles. The molecule has 0 spiro atoms. The third-order valence-corrected chi connectivity index (χ3v) is 6.70. The molecule has 1 N–H and O–H groups in total. The highest BCUT2D eigenvalue weighted by atomic mass is 32.1. The first kappa shape index (κ1) is 28.0. The van der Waals surface area contributed by atoms with Crippen LogP contribution in [0.2, 0.25) is 0 Å². The Kier molecular flexibility index (Phi) is 10.3. The van der Waals surface area contributed by atoms with Crippen LogP contribution in [0.25, 0.3) is 17.2 Å². The number of thiophene rings is 1. The van der Waals surface area contributed by atoms with Gasteiger partial charge in [0.1, 0.15) is 10.6 Å². The van der Waals surface area contributed by atoms with E-state index >= 15 is 0 Å². The van der Waals surface area contributed by atoms with Crippen molar-refractivity contribution >= 4 is 34.3 Å². The number of nitrogens with one attached hydrogen (secondary N) is 1. The number of ether oxygens (including phenoxy) is 3. The van der Waals surface area contributed by atoms with Gasteiger partial charge in [-0.25, -0.2) is 4.79 Å². The van der Waals surface area contributed by atoms with Crippen LogP contribution in [0.15, 0.2) is 47.9 Å². The Morgan fingerprint density at radius 3 is 2.51 bits per heavy atom. The zero-order valence-corrected chi connectivity index (χ0v) is 23.0. The second-order valence-corrected chi connectivity index (χ2v) is 9.56. The monoisotopic (exact) mass is 521 g/mol. The number of amides is 1. The molecule has 1 amide bonds. The van der Waals surface area contributed by atoms with Gasteiger partial charge in [-0.1, -0.05) is 49.6 Å². The molecule has 0 bridgehead atoms. The minimum absolute atomic E-state index is 0.244. The average Bonchev–Trinajstić information content (AvgIpc) is 3.29. The lowest BCUT2D eigenvalue weighted by Gasteiger charge is -2.11. The summed E-state index contributed by atoms with van der Waals surface area (Å²) in [5.41, 5.74) is 5.03. The number of carbonyl (C=O) groups excluding carboxylic acids is 2. The van der Waals surface area contributed by atoms with Crippen LogP contribution < -0.4 is 14.8 Å². The number of anilines is 1. The molecule has 3 aromatic rings. The van der Waals surface area contributed by atoms with E-state index in [4.69, 9.17) is 14.2 Å². The summed E-state index contributed by atoms with van der Waals surface area (Å²) in [4.78, 5) is 25.7. The molecule has 37 heavy (non-hydrogen) atoms. The largest absolute Gasteiger partial charge is 0.493 e. The predicted molar refractivity (Wildman–Crippen MR) is 151 cm³/mol. The summed E-state index contributed by atoms with van der Waals surface area (Å²) < 4.78 is 16.6. The van der Waals surface area contributed by atoms with Gasteiger partial charge >= 0.3 is 5.97 Å². The standard InChI is InChI=1S/C30H35NO5S/c1-6-8-9-16-36-25-14-11-22(18-26(25)34-5)12-15-27(32)31-29-28(30(33)35-7-2)24(19-37-29)23-13-10-20(3)17-21(23)4/h10-15,17-19H,6-9,16H2,1-5H3,(H,31,32)/b15-12+. The smallest absolute Gasteiger partial charge is 0.341 e. The van der Waals surface area contributed by atoms with E-state index in [0.29, 0.717) is 28.7 Å². The lowest BCUT2D eigenvalue weighted by Crippen LogP contribution is -2.12. The summed E-state index contributed by atoms with van der Waals surface area (Å²) in [5, 5.41) is 5.19. The summed E-state index contributed by atoms with van der Waals surface area (Å²) in [5.74, 6) is 0.479. The lowest BCUT2D eigenvalue weighted by atomic mass is 9.97. The van der Waals surface area contributed by atoms with Gasteiger partial charge in [0.15, 0.2) is 11.5 Å². The van der Waals surface area contributed by atoms with Crippen molar-refractivity contribution in [2.24, 2.45) is 0 Å². The molecule has 0 unspecified atom stereocenters. The Hall–Kier alpha value is -3.58. The minimum atomic E-state index is -0.461. The topological polar surface area (TPSA) is 73.9 Å². The molecule has 0 aliphatic carbocycles. The van der Waals surface area contributed by atoms with Crippen molar-refractivity contribution in [3.63, 3.8) is 0 Å². The van der Waals surface area contributed by atoms with Gasteiger partial charge in [-0.2, -0.15) is 0 Å². The number of carbonyl (C=O) groups is 2. The Balaban J connectivity index is 1.78. The normalized spacial score (nSPS) is 10.9. The molecule has 3 rings (SSSR count). The van der Waals surface area contributed by atoms with E-state index in [1.165, 1.54) is 17.4 Å². The van der Waals surface area contributed by atoms with Gasteiger partial charge in [-0.3, -0.25) is 4.79 Å². The molecule has 1 aromatic heterocycles. The Morgan fingerprint density at radius 1 is 1.00 bits per heavy atom. The lowest BCUT2D eigenvalue weighted by molar-refractivity contribution is -0.111. The zero-order valence-electron chi connectivity index (χ0n) is 22.2. The second kappa shape index (κ2) is 13.7. The summed E-state index contributed by atoms with van der Waals surface area (Å²) in [6.45, 7) is 8.82. The van der Waals surface area contributed by atoms with Gasteiger partial charge in [0.2, 0.25) is 5.91 Å². The SMILES string of the molecule is CCCCCOc1ccc(/C=C/C(=O)Nc2scc(-c3ccc(C)cc3C)c2C(=O)OCC)cc1OC. The molecule has 0 radical (unpaired) electrons. The first-order valence-corrected chi connectivity index (χ1v) is 13.4. The van der Waals surface area contributed by atoms with Crippen LogP contribution in [-0.2, 0) is 9.53 Å². The van der Waals surface area contributed by atoms with Gasteiger partial charge in [0, 0.05) is 17.0 Å². The maximum atomic E-state index is 12.9.